The van der Waals surface area contributed by atoms with E-state index in [1.165, 1.54) is 6.33 Å². The predicted octanol–water partition coefficient (Wildman–Crippen LogP) is 2.30. The molecule has 3 aromatic rings. The first-order chi connectivity index (χ1) is 12.5. The van der Waals surface area contributed by atoms with Crippen LogP contribution in [0.15, 0.2) is 60.9 Å². The highest BCUT2D eigenvalue weighted by atomic mass is 16.5. The van der Waals surface area contributed by atoms with E-state index in [9.17, 15) is 14.8 Å². The Morgan fingerprint density at radius 3 is 2.38 bits per heavy atom. The molecule has 0 radical (unpaired) electrons. The standard InChI is InChI=1S/C19H17N3O4/c1-13-18(19(25)20-15-5-3-2-4-6-15)22(26)12-21(13)16-9-7-14(8-10-16)11-17(23)24/h2-10,12H,11H2,1H3,(H,20,25)(H,23,24). The maximum absolute atomic E-state index is 12.5. The van der Waals surface area contributed by atoms with Crippen LogP contribution in [0.2, 0.25) is 0 Å². The molecule has 0 atom stereocenters. The van der Waals surface area contributed by atoms with Gasteiger partial charge in [-0.05, 0) is 29.8 Å². The van der Waals surface area contributed by atoms with Gasteiger partial charge in [-0.3, -0.25) is 9.59 Å². The van der Waals surface area contributed by atoms with E-state index in [2.05, 4.69) is 5.32 Å². The summed E-state index contributed by atoms with van der Waals surface area (Å²) in [4.78, 5) is 23.2. The van der Waals surface area contributed by atoms with E-state index in [-0.39, 0.29) is 12.1 Å². The lowest BCUT2D eigenvalue weighted by Gasteiger charge is -2.05. The highest BCUT2D eigenvalue weighted by molar-refractivity contribution is 6.02. The summed E-state index contributed by atoms with van der Waals surface area (Å²) in [7, 11) is 0. The van der Waals surface area contributed by atoms with Gasteiger partial charge in [0.25, 0.3) is 12.2 Å². The zero-order valence-electron chi connectivity index (χ0n) is 14.0. The third-order valence-corrected chi connectivity index (χ3v) is 3.96. The van der Waals surface area contributed by atoms with E-state index in [1.807, 2.05) is 6.07 Å². The lowest BCUT2D eigenvalue weighted by molar-refractivity contribution is -0.606. The molecule has 0 saturated carbocycles. The fraction of sp³-hybridized carbons (Fsp3) is 0.105. The van der Waals surface area contributed by atoms with Crippen molar-refractivity contribution < 1.29 is 19.4 Å². The zero-order valence-corrected chi connectivity index (χ0v) is 14.0. The molecule has 0 aliphatic heterocycles. The Morgan fingerprint density at radius 2 is 1.77 bits per heavy atom. The topological polar surface area (TPSA) is 98.3 Å². The number of rotatable bonds is 5. The van der Waals surface area contributed by atoms with E-state index in [0.717, 1.165) is 0 Å². The van der Waals surface area contributed by atoms with Crippen molar-refractivity contribution in [2.45, 2.75) is 13.3 Å². The van der Waals surface area contributed by atoms with Gasteiger partial charge in [-0.25, -0.2) is 4.73 Å². The second-order valence-corrected chi connectivity index (χ2v) is 5.80. The molecule has 0 spiro atoms. The second-order valence-electron chi connectivity index (χ2n) is 5.80. The van der Waals surface area contributed by atoms with Crippen LogP contribution < -0.4 is 10.0 Å². The predicted molar refractivity (Wildman–Crippen MR) is 95.2 cm³/mol. The summed E-state index contributed by atoms with van der Waals surface area (Å²) >= 11 is 0. The second kappa shape index (κ2) is 7.10. The van der Waals surface area contributed by atoms with Crippen LogP contribution in [-0.4, -0.2) is 21.6 Å². The molecular weight excluding hydrogens is 334 g/mol. The Kier molecular flexibility index (Phi) is 4.70. The van der Waals surface area contributed by atoms with E-state index < -0.39 is 11.9 Å². The normalized spacial score (nSPS) is 10.5. The molecule has 2 aromatic carbocycles. The molecule has 7 heteroatoms. The van der Waals surface area contributed by atoms with Crippen LogP contribution in [0.5, 0.6) is 0 Å². The van der Waals surface area contributed by atoms with Gasteiger partial charge in [0.15, 0.2) is 5.69 Å². The molecule has 26 heavy (non-hydrogen) atoms. The van der Waals surface area contributed by atoms with Gasteiger partial charge in [0.2, 0.25) is 5.69 Å². The van der Waals surface area contributed by atoms with Crippen molar-refractivity contribution >= 4 is 17.6 Å². The summed E-state index contributed by atoms with van der Waals surface area (Å²) < 4.78 is 2.12. The first-order valence-electron chi connectivity index (χ1n) is 7.94. The summed E-state index contributed by atoms with van der Waals surface area (Å²) in [6.45, 7) is 1.68. The molecule has 0 unspecified atom stereocenters. The van der Waals surface area contributed by atoms with E-state index in [1.54, 1.807) is 60.0 Å². The number of amides is 1. The molecule has 1 amide bonds. The smallest absolute Gasteiger partial charge is 0.307 e. The van der Waals surface area contributed by atoms with Crippen molar-refractivity contribution in [2.75, 3.05) is 5.32 Å². The quantitative estimate of drug-likeness (QED) is 0.544. The van der Waals surface area contributed by atoms with Gasteiger partial charge in [-0.1, -0.05) is 30.3 Å². The molecule has 7 nitrogen and oxygen atoms in total. The highest BCUT2D eigenvalue weighted by Crippen LogP contribution is 2.16. The molecule has 0 saturated heterocycles. The monoisotopic (exact) mass is 351 g/mol. The molecular formula is C19H17N3O4. The van der Waals surface area contributed by atoms with Crippen LogP contribution in [0.3, 0.4) is 0 Å². The first kappa shape index (κ1) is 17.2. The number of nitrogens with zero attached hydrogens (tertiary/aromatic N) is 2. The SMILES string of the molecule is Cc1c(C(=O)Nc2ccccc2)[n+]([O-])cn1-c1ccc(CC(=O)O)cc1. The van der Waals surface area contributed by atoms with Crippen molar-refractivity contribution in [3.05, 3.63) is 83.1 Å². The lowest BCUT2D eigenvalue weighted by Crippen LogP contribution is -2.34. The van der Waals surface area contributed by atoms with Gasteiger partial charge in [0.05, 0.1) is 6.42 Å². The van der Waals surface area contributed by atoms with E-state index in [4.69, 9.17) is 5.11 Å². The van der Waals surface area contributed by atoms with E-state index in [0.29, 0.717) is 27.4 Å². The number of carboxylic acid groups (broad SMARTS) is 1. The average molecular weight is 351 g/mol. The van der Waals surface area contributed by atoms with Crippen LogP contribution >= 0.6 is 0 Å². The van der Waals surface area contributed by atoms with Gasteiger partial charge in [-0.15, -0.1) is 0 Å². The van der Waals surface area contributed by atoms with Gasteiger partial charge >= 0.3 is 5.97 Å². The van der Waals surface area contributed by atoms with Crippen molar-refractivity contribution in [2.24, 2.45) is 0 Å². The van der Waals surface area contributed by atoms with Crippen molar-refractivity contribution in [1.82, 2.24) is 4.57 Å². The molecule has 0 bridgehead atoms. The van der Waals surface area contributed by atoms with Crippen LogP contribution in [-0.2, 0) is 11.2 Å². The number of anilines is 1. The molecule has 0 aliphatic rings. The number of carboxylic acids is 1. The molecule has 1 heterocycles. The fourth-order valence-corrected chi connectivity index (χ4v) is 2.71. The van der Waals surface area contributed by atoms with Crippen molar-refractivity contribution in [1.29, 1.82) is 0 Å². The summed E-state index contributed by atoms with van der Waals surface area (Å²) in [6.07, 6.45) is 1.21. The number of aromatic nitrogens is 2. The van der Waals surface area contributed by atoms with Gasteiger partial charge in [0, 0.05) is 12.6 Å². The summed E-state index contributed by atoms with van der Waals surface area (Å²) in [5, 5.41) is 23.8. The third-order valence-electron chi connectivity index (χ3n) is 3.96. The number of carbonyl (C=O) groups excluding carboxylic acids is 1. The molecule has 2 N–H and O–H groups in total. The summed E-state index contributed by atoms with van der Waals surface area (Å²) in [5.74, 6) is -1.41. The van der Waals surface area contributed by atoms with Crippen LogP contribution in [0, 0.1) is 12.1 Å². The zero-order chi connectivity index (χ0) is 18.7. The van der Waals surface area contributed by atoms with Crippen molar-refractivity contribution in [3.8, 4) is 5.69 Å². The van der Waals surface area contributed by atoms with Crippen molar-refractivity contribution in [3.63, 3.8) is 0 Å². The average Bonchev–Trinajstić information content (AvgIpc) is 2.90. The maximum Gasteiger partial charge on any atom is 0.307 e. The number of carbonyl (C=O) groups is 2. The number of hydrogen-bond acceptors (Lipinski definition) is 3. The Bertz CT molecular complexity index is 947. The highest BCUT2D eigenvalue weighted by Gasteiger charge is 2.24. The molecule has 3 rings (SSSR count). The molecule has 1 aromatic heterocycles. The Hall–Kier alpha value is -3.61. The number of hydrogen-bond donors (Lipinski definition) is 2. The summed E-state index contributed by atoms with van der Waals surface area (Å²) in [5.41, 5.74) is 2.41. The summed E-state index contributed by atoms with van der Waals surface area (Å²) in [6, 6.07) is 15.7. The van der Waals surface area contributed by atoms with Gasteiger partial charge < -0.3 is 15.6 Å². The van der Waals surface area contributed by atoms with Crippen LogP contribution in [0.1, 0.15) is 21.7 Å². The fourth-order valence-electron chi connectivity index (χ4n) is 2.71. The molecule has 132 valence electrons. The molecule has 0 aliphatic carbocycles. The van der Waals surface area contributed by atoms with Gasteiger partial charge in [0.1, 0.15) is 5.69 Å². The largest absolute Gasteiger partial charge is 0.710 e. The Morgan fingerprint density at radius 1 is 1.12 bits per heavy atom. The van der Waals surface area contributed by atoms with Crippen LogP contribution in [0.4, 0.5) is 5.69 Å². The van der Waals surface area contributed by atoms with E-state index >= 15 is 0 Å². The Balaban J connectivity index is 1.88. The number of imidazole rings is 1. The minimum Gasteiger partial charge on any atom is -0.710 e. The number of nitrogens with one attached hydrogen (secondary N) is 1. The third kappa shape index (κ3) is 3.56. The molecule has 0 fully saturated rings. The minimum atomic E-state index is -0.910. The first-order valence-corrected chi connectivity index (χ1v) is 7.94. The van der Waals surface area contributed by atoms with Gasteiger partial charge in [-0.2, -0.15) is 4.57 Å². The number of para-hydroxylation sites is 1. The maximum atomic E-state index is 12.5. The van der Waals surface area contributed by atoms with Crippen LogP contribution in [0.25, 0.3) is 5.69 Å². The Labute approximate surface area is 149 Å². The number of aliphatic carboxylic acids is 1. The minimum absolute atomic E-state index is 0.00321. The lowest BCUT2D eigenvalue weighted by atomic mass is 10.1. The number of benzene rings is 2.